The van der Waals surface area contributed by atoms with E-state index >= 15 is 0 Å². The van der Waals surface area contributed by atoms with Crippen molar-refractivity contribution < 1.29 is 9.66 Å². The monoisotopic (exact) mass is 281 g/mol. The summed E-state index contributed by atoms with van der Waals surface area (Å²) in [6, 6.07) is 13.4. The molecule has 0 aliphatic rings. The first-order valence-electron chi connectivity index (χ1n) is 6.24. The normalized spacial score (nSPS) is 10.3. The van der Waals surface area contributed by atoms with Crippen molar-refractivity contribution in [1.82, 2.24) is 9.97 Å². The summed E-state index contributed by atoms with van der Waals surface area (Å²) in [7, 11) is 0. The van der Waals surface area contributed by atoms with E-state index in [0.717, 1.165) is 11.4 Å². The SMILES string of the molecule is O=[N+]([O-])c1ccc(Oc2ccc(-c3ncc[nH]3)cc2)cc1. The highest BCUT2D eigenvalue weighted by Gasteiger charge is 2.05. The van der Waals surface area contributed by atoms with Gasteiger partial charge in [-0.2, -0.15) is 0 Å². The molecule has 0 amide bonds. The van der Waals surface area contributed by atoms with Gasteiger partial charge in [0, 0.05) is 30.1 Å². The zero-order valence-corrected chi connectivity index (χ0v) is 10.9. The Labute approximate surface area is 120 Å². The van der Waals surface area contributed by atoms with Crippen LogP contribution in [0.25, 0.3) is 11.4 Å². The Morgan fingerprint density at radius 1 is 1.00 bits per heavy atom. The van der Waals surface area contributed by atoms with Gasteiger partial charge in [-0.25, -0.2) is 4.98 Å². The van der Waals surface area contributed by atoms with E-state index in [1.165, 1.54) is 12.1 Å². The van der Waals surface area contributed by atoms with Crippen molar-refractivity contribution in [2.24, 2.45) is 0 Å². The van der Waals surface area contributed by atoms with Crippen LogP contribution in [0.4, 0.5) is 5.69 Å². The number of imidazole rings is 1. The van der Waals surface area contributed by atoms with Gasteiger partial charge >= 0.3 is 0 Å². The summed E-state index contributed by atoms with van der Waals surface area (Å²) < 4.78 is 5.63. The van der Waals surface area contributed by atoms with Crippen LogP contribution in [0.1, 0.15) is 0 Å². The Hall–Kier alpha value is -3.15. The number of benzene rings is 2. The molecule has 0 spiro atoms. The van der Waals surface area contributed by atoms with E-state index in [1.807, 2.05) is 24.3 Å². The van der Waals surface area contributed by atoms with E-state index in [4.69, 9.17) is 4.74 Å². The van der Waals surface area contributed by atoms with Crippen molar-refractivity contribution in [3.63, 3.8) is 0 Å². The molecular weight excluding hydrogens is 270 g/mol. The molecule has 1 N–H and O–H groups in total. The summed E-state index contributed by atoms with van der Waals surface area (Å²) in [4.78, 5) is 17.3. The topological polar surface area (TPSA) is 81.1 Å². The molecule has 0 radical (unpaired) electrons. The lowest BCUT2D eigenvalue weighted by Gasteiger charge is -2.06. The second-order valence-electron chi connectivity index (χ2n) is 4.32. The van der Waals surface area contributed by atoms with Crippen molar-refractivity contribution in [1.29, 1.82) is 0 Å². The largest absolute Gasteiger partial charge is 0.457 e. The number of rotatable bonds is 4. The summed E-state index contributed by atoms with van der Waals surface area (Å²) in [6.45, 7) is 0. The number of nitro benzene ring substituents is 1. The van der Waals surface area contributed by atoms with E-state index in [1.54, 1.807) is 24.5 Å². The molecule has 0 aliphatic heterocycles. The number of H-pyrrole nitrogens is 1. The van der Waals surface area contributed by atoms with E-state index in [2.05, 4.69) is 9.97 Å². The molecule has 1 heterocycles. The van der Waals surface area contributed by atoms with Crippen LogP contribution in [0.2, 0.25) is 0 Å². The molecule has 3 rings (SSSR count). The Balaban J connectivity index is 1.74. The molecule has 2 aromatic carbocycles. The molecule has 0 aliphatic carbocycles. The van der Waals surface area contributed by atoms with Gasteiger partial charge in [0.25, 0.3) is 5.69 Å². The predicted octanol–water partition coefficient (Wildman–Crippen LogP) is 3.78. The van der Waals surface area contributed by atoms with Gasteiger partial charge in [0.05, 0.1) is 4.92 Å². The number of ether oxygens (including phenoxy) is 1. The highest BCUT2D eigenvalue weighted by atomic mass is 16.6. The lowest BCUT2D eigenvalue weighted by molar-refractivity contribution is -0.384. The average Bonchev–Trinajstić information content (AvgIpc) is 3.03. The summed E-state index contributed by atoms with van der Waals surface area (Å²) in [5.41, 5.74) is 0.992. The molecular formula is C15H11N3O3. The van der Waals surface area contributed by atoms with Gasteiger partial charge in [0.1, 0.15) is 17.3 Å². The first kappa shape index (κ1) is 12.9. The third-order valence-corrected chi connectivity index (χ3v) is 2.91. The first-order chi connectivity index (χ1) is 10.2. The lowest BCUT2D eigenvalue weighted by Crippen LogP contribution is -1.88. The fourth-order valence-electron chi connectivity index (χ4n) is 1.88. The van der Waals surface area contributed by atoms with Crippen molar-refractivity contribution in [2.75, 3.05) is 0 Å². The van der Waals surface area contributed by atoms with Gasteiger partial charge in [0.2, 0.25) is 0 Å². The maximum atomic E-state index is 10.6. The summed E-state index contributed by atoms with van der Waals surface area (Å²) >= 11 is 0. The van der Waals surface area contributed by atoms with Gasteiger partial charge in [-0.1, -0.05) is 0 Å². The van der Waals surface area contributed by atoms with Gasteiger partial charge in [-0.15, -0.1) is 0 Å². The van der Waals surface area contributed by atoms with E-state index < -0.39 is 4.92 Å². The Kier molecular flexibility index (Phi) is 3.34. The van der Waals surface area contributed by atoms with E-state index in [9.17, 15) is 10.1 Å². The molecule has 0 saturated carbocycles. The fourth-order valence-corrected chi connectivity index (χ4v) is 1.88. The number of nitrogens with zero attached hydrogens (tertiary/aromatic N) is 2. The number of aromatic nitrogens is 2. The maximum Gasteiger partial charge on any atom is 0.269 e. The van der Waals surface area contributed by atoms with Gasteiger partial charge in [-0.3, -0.25) is 10.1 Å². The predicted molar refractivity (Wildman–Crippen MR) is 77.2 cm³/mol. The zero-order valence-electron chi connectivity index (χ0n) is 10.9. The maximum absolute atomic E-state index is 10.6. The Bertz CT molecular complexity index is 735. The van der Waals surface area contributed by atoms with Gasteiger partial charge in [-0.05, 0) is 36.4 Å². The molecule has 104 valence electrons. The second kappa shape index (κ2) is 5.46. The average molecular weight is 281 g/mol. The molecule has 0 atom stereocenters. The highest BCUT2D eigenvalue weighted by molar-refractivity contribution is 5.56. The van der Waals surface area contributed by atoms with Crippen molar-refractivity contribution in [3.05, 3.63) is 71.0 Å². The molecule has 0 bridgehead atoms. The molecule has 6 heteroatoms. The smallest absolute Gasteiger partial charge is 0.269 e. The van der Waals surface area contributed by atoms with Crippen molar-refractivity contribution >= 4 is 5.69 Å². The minimum Gasteiger partial charge on any atom is -0.457 e. The summed E-state index contributed by atoms with van der Waals surface area (Å²) in [6.07, 6.45) is 3.45. The number of aromatic amines is 1. The number of non-ortho nitro benzene ring substituents is 1. The van der Waals surface area contributed by atoms with Crippen molar-refractivity contribution in [3.8, 4) is 22.9 Å². The van der Waals surface area contributed by atoms with Crippen LogP contribution in [0, 0.1) is 10.1 Å². The number of nitro groups is 1. The van der Waals surface area contributed by atoms with Crippen LogP contribution in [0.3, 0.4) is 0 Å². The minimum atomic E-state index is -0.443. The molecule has 6 nitrogen and oxygen atoms in total. The van der Waals surface area contributed by atoms with Crippen molar-refractivity contribution in [2.45, 2.75) is 0 Å². The molecule has 0 unspecified atom stereocenters. The first-order valence-corrected chi connectivity index (χ1v) is 6.24. The number of hydrogen-bond acceptors (Lipinski definition) is 4. The van der Waals surface area contributed by atoms with E-state index in [-0.39, 0.29) is 5.69 Å². The summed E-state index contributed by atoms with van der Waals surface area (Å²) in [5, 5.41) is 10.6. The number of hydrogen-bond donors (Lipinski definition) is 1. The van der Waals surface area contributed by atoms with Crippen LogP contribution in [0.5, 0.6) is 11.5 Å². The minimum absolute atomic E-state index is 0.0375. The van der Waals surface area contributed by atoms with Crippen LogP contribution >= 0.6 is 0 Å². The van der Waals surface area contributed by atoms with Crippen LogP contribution < -0.4 is 4.74 Å². The molecule has 0 fully saturated rings. The number of nitrogens with one attached hydrogen (secondary N) is 1. The fraction of sp³-hybridized carbons (Fsp3) is 0. The van der Waals surface area contributed by atoms with E-state index in [0.29, 0.717) is 11.5 Å². The van der Waals surface area contributed by atoms with Gasteiger partial charge < -0.3 is 9.72 Å². The quantitative estimate of drug-likeness (QED) is 0.583. The van der Waals surface area contributed by atoms with Crippen LogP contribution in [0.15, 0.2) is 60.9 Å². The lowest BCUT2D eigenvalue weighted by atomic mass is 10.2. The highest BCUT2D eigenvalue weighted by Crippen LogP contribution is 2.25. The third-order valence-electron chi connectivity index (χ3n) is 2.91. The van der Waals surface area contributed by atoms with Crippen LogP contribution in [-0.4, -0.2) is 14.9 Å². The molecule has 3 aromatic rings. The Morgan fingerprint density at radius 3 is 2.14 bits per heavy atom. The standard InChI is InChI=1S/C15H11N3O3/c19-18(20)12-3-7-14(8-4-12)21-13-5-1-11(2-6-13)15-16-9-10-17-15/h1-10H,(H,16,17). The zero-order chi connectivity index (χ0) is 14.7. The second-order valence-corrected chi connectivity index (χ2v) is 4.32. The van der Waals surface area contributed by atoms with Gasteiger partial charge in [0.15, 0.2) is 0 Å². The third kappa shape index (κ3) is 2.89. The molecule has 1 aromatic heterocycles. The molecule has 0 saturated heterocycles. The summed E-state index contributed by atoms with van der Waals surface area (Å²) in [5.74, 6) is 1.99. The molecule has 21 heavy (non-hydrogen) atoms. The Morgan fingerprint density at radius 2 is 1.62 bits per heavy atom. The van der Waals surface area contributed by atoms with Crippen LogP contribution in [-0.2, 0) is 0 Å².